The number of nitrogens with two attached hydrogens (primary N) is 1. The highest BCUT2D eigenvalue weighted by Crippen LogP contribution is 2.03. The molecular weight excluding hydrogens is 218 g/mol. The van der Waals surface area contributed by atoms with E-state index in [-0.39, 0.29) is 5.91 Å². The maximum Gasteiger partial charge on any atom is 0.236 e. The highest BCUT2D eigenvalue weighted by molar-refractivity contribution is 5.78. The van der Waals surface area contributed by atoms with E-state index < -0.39 is 0 Å². The van der Waals surface area contributed by atoms with Crippen LogP contribution in [0.15, 0.2) is 12.3 Å². The molecule has 1 aliphatic heterocycles. The van der Waals surface area contributed by atoms with Gasteiger partial charge in [0, 0.05) is 32.9 Å². The van der Waals surface area contributed by atoms with E-state index >= 15 is 0 Å². The Morgan fingerprint density at radius 3 is 2.94 bits per heavy atom. The number of hydrogen-bond acceptors (Lipinski definition) is 4. The summed E-state index contributed by atoms with van der Waals surface area (Å²) in [4.78, 5) is 15.6. The van der Waals surface area contributed by atoms with Gasteiger partial charge in [-0.05, 0) is 12.5 Å². The first-order valence-corrected chi connectivity index (χ1v) is 5.90. The molecule has 0 spiro atoms. The monoisotopic (exact) mass is 237 g/mol. The zero-order valence-corrected chi connectivity index (χ0v) is 10.2. The van der Waals surface area contributed by atoms with Gasteiger partial charge >= 0.3 is 0 Å². The topological polar surface area (TPSA) is 67.4 Å². The van der Waals surface area contributed by atoms with Crippen LogP contribution in [0.1, 0.15) is 6.42 Å². The second kappa shape index (κ2) is 5.18. The van der Waals surface area contributed by atoms with Gasteiger partial charge in [-0.15, -0.1) is 0 Å². The molecular formula is C11H19N5O. The summed E-state index contributed by atoms with van der Waals surface area (Å²) in [5, 5.41) is 4.12. The summed E-state index contributed by atoms with van der Waals surface area (Å²) in [6.45, 7) is 3.93. The van der Waals surface area contributed by atoms with Gasteiger partial charge in [0.1, 0.15) is 5.82 Å². The SMILES string of the molecule is CN1CCCN(CCn2ccc(N)n2)CC1=O. The van der Waals surface area contributed by atoms with Gasteiger partial charge in [-0.3, -0.25) is 14.4 Å². The van der Waals surface area contributed by atoms with Crippen molar-refractivity contribution in [1.82, 2.24) is 19.6 Å². The number of rotatable bonds is 3. The number of nitrogen functional groups attached to an aromatic ring is 1. The molecule has 0 aliphatic carbocycles. The van der Waals surface area contributed by atoms with Gasteiger partial charge in [0.05, 0.1) is 13.1 Å². The van der Waals surface area contributed by atoms with Crippen LogP contribution in [-0.4, -0.2) is 58.7 Å². The Balaban J connectivity index is 1.84. The fraction of sp³-hybridized carbons (Fsp3) is 0.636. The van der Waals surface area contributed by atoms with Crippen molar-refractivity contribution in [3.05, 3.63) is 12.3 Å². The number of likely N-dealkylation sites (N-methyl/N-ethyl adjacent to an activating group) is 1. The zero-order chi connectivity index (χ0) is 12.3. The minimum atomic E-state index is 0.197. The number of hydrogen-bond donors (Lipinski definition) is 1. The molecule has 1 aromatic rings. The summed E-state index contributed by atoms with van der Waals surface area (Å²) in [5.41, 5.74) is 5.55. The highest BCUT2D eigenvalue weighted by Gasteiger charge is 2.18. The van der Waals surface area contributed by atoms with Crippen molar-refractivity contribution in [2.24, 2.45) is 0 Å². The van der Waals surface area contributed by atoms with Crippen LogP contribution in [0.25, 0.3) is 0 Å². The van der Waals surface area contributed by atoms with Gasteiger partial charge in [-0.25, -0.2) is 0 Å². The number of nitrogens with zero attached hydrogens (tertiary/aromatic N) is 4. The Morgan fingerprint density at radius 2 is 2.24 bits per heavy atom. The molecule has 0 unspecified atom stereocenters. The van der Waals surface area contributed by atoms with Gasteiger partial charge in [0.2, 0.25) is 5.91 Å². The summed E-state index contributed by atoms with van der Waals surface area (Å²) >= 11 is 0. The van der Waals surface area contributed by atoms with Crippen LogP contribution in [0.5, 0.6) is 0 Å². The Hall–Kier alpha value is -1.56. The minimum absolute atomic E-state index is 0.197. The van der Waals surface area contributed by atoms with E-state index in [1.165, 1.54) is 0 Å². The van der Waals surface area contributed by atoms with E-state index in [2.05, 4.69) is 10.00 Å². The van der Waals surface area contributed by atoms with Crippen LogP contribution in [0.4, 0.5) is 5.82 Å². The van der Waals surface area contributed by atoms with Crippen molar-refractivity contribution >= 4 is 11.7 Å². The van der Waals surface area contributed by atoms with Crippen molar-refractivity contribution in [2.45, 2.75) is 13.0 Å². The average Bonchev–Trinajstić information content (AvgIpc) is 2.64. The Morgan fingerprint density at radius 1 is 1.41 bits per heavy atom. The first kappa shape index (κ1) is 11.9. The Kier molecular flexibility index (Phi) is 3.63. The molecule has 2 N–H and O–H groups in total. The van der Waals surface area contributed by atoms with E-state index in [4.69, 9.17) is 5.73 Å². The lowest BCUT2D eigenvalue weighted by atomic mass is 10.4. The fourth-order valence-corrected chi connectivity index (χ4v) is 1.98. The molecule has 0 atom stereocenters. The quantitative estimate of drug-likeness (QED) is 0.779. The molecule has 1 saturated heterocycles. The molecule has 6 heteroatoms. The standard InChI is InChI=1S/C11H19N5O/c1-14-4-2-5-15(9-11(14)17)7-8-16-6-3-10(12)13-16/h3,6H,2,4-5,7-9H2,1H3,(H2,12,13). The van der Waals surface area contributed by atoms with Gasteiger partial charge in [0.15, 0.2) is 0 Å². The van der Waals surface area contributed by atoms with E-state index in [1.807, 2.05) is 17.9 Å². The number of anilines is 1. The third kappa shape index (κ3) is 3.20. The average molecular weight is 237 g/mol. The second-order valence-electron chi connectivity index (χ2n) is 4.45. The van der Waals surface area contributed by atoms with Crippen LogP contribution in [0, 0.1) is 0 Å². The molecule has 0 bridgehead atoms. The minimum Gasteiger partial charge on any atom is -0.382 e. The van der Waals surface area contributed by atoms with Crippen molar-refractivity contribution in [1.29, 1.82) is 0 Å². The molecule has 0 aromatic carbocycles. The van der Waals surface area contributed by atoms with E-state index in [0.29, 0.717) is 12.4 Å². The lowest BCUT2D eigenvalue weighted by Gasteiger charge is -2.18. The zero-order valence-electron chi connectivity index (χ0n) is 10.2. The van der Waals surface area contributed by atoms with Crippen molar-refractivity contribution in [3.63, 3.8) is 0 Å². The van der Waals surface area contributed by atoms with E-state index in [0.717, 1.165) is 32.6 Å². The first-order chi connectivity index (χ1) is 8.15. The first-order valence-electron chi connectivity index (χ1n) is 5.90. The van der Waals surface area contributed by atoms with E-state index in [9.17, 15) is 4.79 Å². The highest BCUT2D eigenvalue weighted by atomic mass is 16.2. The van der Waals surface area contributed by atoms with Gasteiger partial charge in [-0.1, -0.05) is 0 Å². The fourth-order valence-electron chi connectivity index (χ4n) is 1.98. The molecule has 2 heterocycles. The van der Waals surface area contributed by atoms with E-state index in [1.54, 1.807) is 11.0 Å². The van der Waals surface area contributed by atoms with Crippen LogP contribution in [0.3, 0.4) is 0 Å². The van der Waals surface area contributed by atoms with Crippen molar-refractivity contribution in [2.75, 3.05) is 39.0 Å². The number of carbonyl (C=O) groups excluding carboxylic acids is 1. The second-order valence-corrected chi connectivity index (χ2v) is 4.45. The maximum absolute atomic E-state index is 11.7. The lowest BCUT2D eigenvalue weighted by Crippen LogP contribution is -2.36. The lowest BCUT2D eigenvalue weighted by molar-refractivity contribution is -0.129. The Bertz CT molecular complexity index is 389. The van der Waals surface area contributed by atoms with Crippen LogP contribution >= 0.6 is 0 Å². The van der Waals surface area contributed by atoms with Crippen LogP contribution < -0.4 is 5.73 Å². The van der Waals surface area contributed by atoms with Crippen molar-refractivity contribution in [3.8, 4) is 0 Å². The normalized spacial score (nSPS) is 18.4. The molecule has 94 valence electrons. The summed E-state index contributed by atoms with van der Waals surface area (Å²) in [7, 11) is 1.86. The third-order valence-corrected chi connectivity index (χ3v) is 3.06. The molecule has 0 saturated carbocycles. The summed E-state index contributed by atoms with van der Waals surface area (Å²) < 4.78 is 1.81. The van der Waals surface area contributed by atoms with Gasteiger partial charge < -0.3 is 10.6 Å². The molecule has 1 aromatic heterocycles. The number of carbonyl (C=O) groups is 1. The Labute approximate surface area is 101 Å². The van der Waals surface area contributed by atoms with Gasteiger partial charge in [-0.2, -0.15) is 5.10 Å². The predicted octanol–water partition coefficient (Wildman–Crippen LogP) is -0.371. The maximum atomic E-state index is 11.7. The summed E-state index contributed by atoms with van der Waals surface area (Å²) in [6, 6.07) is 1.78. The molecule has 0 radical (unpaired) electrons. The third-order valence-electron chi connectivity index (χ3n) is 3.06. The smallest absolute Gasteiger partial charge is 0.236 e. The predicted molar refractivity (Wildman–Crippen MR) is 65.3 cm³/mol. The largest absolute Gasteiger partial charge is 0.382 e. The number of aromatic nitrogens is 2. The molecule has 1 amide bonds. The van der Waals surface area contributed by atoms with Crippen LogP contribution in [-0.2, 0) is 11.3 Å². The molecule has 6 nitrogen and oxygen atoms in total. The molecule has 2 rings (SSSR count). The van der Waals surface area contributed by atoms with Gasteiger partial charge in [0.25, 0.3) is 0 Å². The molecule has 1 fully saturated rings. The van der Waals surface area contributed by atoms with Crippen molar-refractivity contribution < 1.29 is 4.79 Å². The number of amides is 1. The summed E-state index contributed by atoms with van der Waals surface area (Å²) in [6.07, 6.45) is 2.89. The summed E-state index contributed by atoms with van der Waals surface area (Å²) in [5.74, 6) is 0.735. The molecule has 1 aliphatic rings. The van der Waals surface area contributed by atoms with Crippen LogP contribution in [0.2, 0.25) is 0 Å². The molecule has 17 heavy (non-hydrogen) atoms.